The molecule has 1 aromatic rings. The lowest BCUT2D eigenvalue weighted by Gasteiger charge is -2.35. The number of amides is 1. The summed E-state index contributed by atoms with van der Waals surface area (Å²) in [6.45, 7) is 11.4. The van der Waals surface area contributed by atoms with Crippen molar-refractivity contribution in [3.05, 3.63) is 23.8 Å². The van der Waals surface area contributed by atoms with E-state index in [0.717, 1.165) is 18.5 Å². The van der Waals surface area contributed by atoms with Gasteiger partial charge < -0.3 is 15.0 Å². The van der Waals surface area contributed by atoms with Gasteiger partial charge >= 0.3 is 0 Å². The molecule has 0 spiro atoms. The molecule has 1 heterocycles. The normalized spacial score (nSPS) is 24.9. The zero-order valence-electron chi connectivity index (χ0n) is 19.3. The van der Waals surface area contributed by atoms with E-state index >= 15 is 0 Å². The highest BCUT2D eigenvalue weighted by atomic mass is 32.2. The minimum absolute atomic E-state index is 0.108. The molecule has 3 rings (SSSR count). The fourth-order valence-electron chi connectivity index (χ4n) is 4.68. The minimum atomic E-state index is -3.65. The summed E-state index contributed by atoms with van der Waals surface area (Å²) in [5.41, 5.74) is 1.20. The first-order chi connectivity index (χ1) is 14.8. The largest absolute Gasteiger partial charge is 0.378 e. The van der Waals surface area contributed by atoms with Crippen molar-refractivity contribution in [3.8, 4) is 0 Å². The van der Waals surface area contributed by atoms with Crippen LogP contribution in [0.3, 0.4) is 0 Å². The molecule has 7 nitrogen and oxygen atoms in total. The number of carbonyl (C=O) groups is 1. The van der Waals surface area contributed by atoms with Crippen LogP contribution in [0.4, 0.5) is 5.69 Å². The lowest BCUT2D eigenvalue weighted by atomic mass is 9.78. The van der Waals surface area contributed by atoms with Crippen molar-refractivity contribution < 1.29 is 17.9 Å². The predicted molar refractivity (Wildman–Crippen MR) is 123 cm³/mol. The maximum Gasteiger partial charge on any atom is 0.253 e. The summed E-state index contributed by atoms with van der Waals surface area (Å²) in [6, 6.07) is 5.08. The molecule has 3 atom stereocenters. The van der Waals surface area contributed by atoms with Gasteiger partial charge in [-0.15, -0.1) is 0 Å². The molecule has 1 saturated heterocycles. The summed E-state index contributed by atoms with van der Waals surface area (Å²) in [5.74, 6) is 0.767. The molecule has 3 unspecified atom stereocenters. The number of anilines is 1. The summed E-state index contributed by atoms with van der Waals surface area (Å²) in [7, 11) is -3.65. The number of nitrogens with zero attached hydrogens (tertiary/aromatic N) is 2. The fourth-order valence-corrected chi connectivity index (χ4v) is 6.17. The molecule has 0 bridgehead atoms. The average molecular weight is 452 g/mol. The van der Waals surface area contributed by atoms with Gasteiger partial charge in [0.1, 0.15) is 0 Å². The van der Waals surface area contributed by atoms with Gasteiger partial charge in [-0.05, 0) is 36.5 Å². The van der Waals surface area contributed by atoms with Crippen molar-refractivity contribution in [1.29, 1.82) is 0 Å². The number of carbonyl (C=O) groups excluding carboxylic acids is 1. The third kappa shape index (κ3) is 5.23. The first kappa shape index (κ1) is 24.0. The van der Waals surface area contributed by atoms with Crippen LogP contribution >= 0.6 is 0 Å². The Morgan fingerprint density at radius 3 is 2.48 bits per heavy atom. The third-order valence-electron chi connectivity index (χ3n) is 6.93. The number of ether oxygens (including phenoxy) is 1. The van der Waals surface area contributed by atoms with E-state index in [-0.39, 0.29) is 16.8 Å². The Bertz CT molecular complexity index is 864. The third-order valence-corrected chi connectivity index (χ3v) is 8.98. The Balaban J connectivity index is 1.96. The molecule has 2 aliphatic rings. The second-order valence-electron chi connectivity index (χ2n) is 8.71. The van der Waals surface area contributed by atoms with Gasteiger partial charge in [0.05, 0.1) is 23.7 Å². The second kappa shape index (κ2) is 10.3. The first-order valence-corrected chi connectivity index (χ1v) is 13.0. The van der Waals surface area contributed by atoms with Gasteiger partial charge in [0.15, 0.2) is 0 Å². The van der Waals surface area contributed by atoms with E-state index in [9.17, 15) is 13.2 Å². The Morgan fingerprint density at radius 2 is 1.84 bits per heavy atom. The maximum atomic E-state index is 13.4. The van der Waals surface area contributed by atoms with Crippen molar-refractivity contribution in [2.45, 2.75) is 57.9 Å². The van der Waals surface area contributed by atoms with E-state index in [1.165, 1.54) is 10.7 Å². The predicted octanol–water partition coefficient (Wildman–Crippen LogP) is 3.11. The highest BCUT2D eigenvalue weighted by Crippen LogP contribution is 2.31. The van der Waals surface area contributed by atoms with Crippen molar-refractivity contribution in [1.82, 2.24) is 9.62 Å². The molecule has 0 aromatic heterocycles. The molecule has 1 aliphatic heterocycles. The zero-order chi connectivity index (χ0) is 22.6. The molecule has 31 heavy (non-hydrogen) atoms. The standard InChI is InChI=1S/C23H37N3O4S/c1-5-26(6-2)31(28,29)19-10-11-22(25-12-14-30-15-13-25)20(16-19)23(27)24-21-9-7-8-17(3)18(21)4/h10-11,16-18,21H,5-9,12-15H2,1-4H3,(H,24,27). The van der Waals surface area contributed by atoms with Crippen molar-refractivity contribution in [3.63, 3.8) is 0 Å². The molecule has 1 saturated carbocycles. The van der Waals surface area contributed by atoms with Crippen LogP contribution in [0, 0.1) is 11.8 Å². The van der Waals surface area contributed by atoms with Crippen LogP contribution in [0.25, 0.3) is 0 Å². The van der Waals surface area contributed by atoms with E-state index in [1.54, 1.807) is 18.2 Å². The summed E-state index contributed by atoms with van der Waals surface area (Å²) in [4.78, 5) is 15.7. The molecule has 1 aromatic carbocycles. The van der Waals surface area contributed by atoms with Crippen LogP contribution in [0.1, 0.15) is 57.3 Å². The highest BCUT2D eigenvalue weighted by Gasteiger charge is 2.31. The molecule has 1 aliphatic carbocycles. The average Bonchev–Trinajstić information content (AvgIpc) is 2.77. The molecular formula is C23H37N3O4S. The minimum Gasteiger partial charge on any atom is -0.378 e. The van der Waals surface area contributed by atoms with Gasteiger partial charge in [0.2, 0.25) is 10.0 Å². The van der Waals surface area contributed by atoms with E-state index in [0.29, 0.717) is 56.8 Å². The Hall–Kier alpha value is -1.64. The number of nitrogens with one attached hydrogen (secondary N) is 1. The quantitative estimate of drug-likeness (QED) is 0.689. The number of sulfonamides is 1. The van der Waals surface area contributed by atoms with Crippen molar-refractivity contribution in [2.75, 3.05) is 44.3 Å². The Labute approximate surface area is 187 Å². The van der Waals surface area contributed by atoms with Crippen LogP contribution < -0.4 is 10.2 Å². The molecule has 1 N–H and O–H groups in total. The van der Waals surface area contributed by atoms with Crippen molar-refractivity contribution >= 4 is 21.6 Å². The fraction of sp³-hybridized carbons (Fsp3) is 0.696. The van der Waals surface area contributed by atoms with Gasteiger partial charge in [0.25, 0.3) is 5.91 Å². The lowest BCUT2D eigenvalue weighted by Crippen LogP contribution is -2.44. The summed E-state index contributed by atoms with van der Waals surface area (Å²) in [6.07, 6.45) is 3.24. The van der Waals surface area contributed by atoms with Gasteiger partial charge in [-0.1, -0.05) is 40.5 Å². The van der Waals surface area contributed by atoms with Crippen LogP contribution in [0.2, 0.25) is 0 Å². The molecule has 8 heteroatoms. The summed E-state index contributed by atoms with van der Waals surface area (Å²) >= 11 is 0. The monoisotopic (exact) mass is 451 g/mol. The SMILES string of the molecule is CCN(CC)S(=O)(=O)c1ccc(N2CCOCC2)c(C(=O)NC2CCCC(C)C2C)c1. The smallest absolute Gasteiger partial charge is 0.253 e. The molecule has 174 valence electrons. The van der Waals surface area contributed by atoms with Gasteiger partial charge in [-0.25, -0.2) is 8.42 Å². The van der Waals surface area contributed by atoms with Gasteiger partial charge in [-0.2, -0.15) is 4.31 Å². The molecule has 0 radical (unpaired) electrons. The van der Waals surface area contributed by atoms with Crippen LogP contribution in [0.5, 0.6) is 0 Å². The van der Waals surface area contributed by atoms with E-state index in [4.69, 9.17) is 4.74 Å². The molecule has 1 amide bonds. The second-order valence-corrected chi connectivity index (χ2v) is 10.7. The van der Waals surface area contributed by atoms with Crippen LogP contribution in [-0.4, -0.2) is 64.1 Å². The highest BCUT2D eigenvalue weighted by molar-refractivity contribution is 7.89. The van der Waals surface area contributed by atoms with E-state index in [1.807, 2.05) is 13.8 Å². The number of benzene rings is 1. The Kier molecular flexibility index (Phi) is 7.99. The maximum absolute atomic E-state index is 13.4. The van der Waals surface area contributed by atoms with Crippen molar-refractivity contribution in [2.24, 2.45) is 11.8 Å². The summed E-state index contributed by atoms with van der Waals surface area (Å²) < 4.78 is 33.1. The number of hydrogen-bond acceptors (Lipinski definition) is 5. The summed E-state index contributed by atoms with van der Waals surface area (Å²) in [5, 5.41) is 3.23. The van der Waals surface area contributed by atoms with Gasteiger partial charge in [-0.3, -0.25) is 4.79 Å². The zero-order valence-corrected chi connectivity index (χ0v) is 20.1. The molecular weight excluding hydrogens is 414 g/mol. The lowest BCUT2D eigenvalue weighted by molar-refractivity contribution is 0.0889. The Morgan fingerprint density at radius 1 is 1.16 bits per heavy atom. The van der Waals surface area contributed by atoms with Crippen LogP contribution in [0.15, 0.2) is 23.1 Å². The topological polar surface area (TPSA) is 79.0 Å². The number of rotatable bonds is 7. The molecule has 2 fully saturated rings. The van der Waals surface area contributed by atoms with Gasteiger partial charge in [0, 0.05) is 37.9 Å². The number of hydrogen-bond donors (Lipinski definition) is 1. The first-order valence-electron chi connectivity index (χ1n) is 11.6. The number of morpholine rings is 1. The van der Waals surface area contributed by atoms with E-state index in [2.05, 4.69) is 24.1 Å². The van der Waals surface area contributed by atoms with E-state index < -0.39 is 10.0 Å². The van der Waals surface area contributed by atoms with Crippen LogP contribution in [-0.2, 0) is 14.8 Å².